The van der Waals surface area contributed by atoms with Gasteiger partial charge in [0.2, 0.25) is 0 Å². The van der Waals surface area contributed by atoms with Crippen molar-refractivity contribution in [2.45, 2.75) is 52.7 Å². The Morgan fingerprint density at radius 3 is 1.13 bits per heavy atom. The summed E-state index contributed by atoms with van der Waals surface area (Å²) in [7, 11) is 0. The molecule has 2 amide bonds. The zero-order valence-corrected chi connectivity index (χ0v) is 19.5. The second-order valence-corrected chi connectivity index (χ2v) is 11.1. The van der Waals surface area contributed by atoms with Crippen LogP contribution < -0.4 is 10.6 Å². The van der Waals surface area contributed by atoms with Gasteiger partial charge >= 0.3 is 12.2 Å². The Labute approximate surface area is 181 Å². The molecule has 172 valence electrons. The number of carbonyl (C=O) groups is 2. The molecule has 4 saturated heterocycles. The first kappa shape index (κ1) is 23.1. The first-order valence-electron chi connectivity index (χ1n) is 11.3. The van der Waals surface area contributed by atoms with E-state index >= 15 is 0 Å². The van der Waals surface area contributed by atoms with E-state index in [-0.39, 0.29) is 23.4 Å². The molecule has 4 fully saturated rings. The molecule has 0 unspecified atom stereocenters. The predicted molar refractivity (Wildman–Crippen MR) is 115 cm³/mol. The zero-order valence-electron chi connectivity index (χ0n) is 19.5. The van der Waals surface area contributed by atoms with Crippen LogP contribution in [0.25, 0.3) is 0 Å². The lowest BCUT2D eigenvalue weighted by Gasteiger charge is -2.24. The van der Waals surface area contributed by atoms with Crippen molar-refractivity contribution in [2.24, 2.45) is 23.7 Å². The average Bonchev–Trinajstić information content (AvgIpc) is 3.31. The Morgan fingerprint density at radius 2 is 0.900 bits per heavy atom. The molecule has 4 rings (SSSR count). The second kappa shape index (κ2) is 8.91. The third kappa shape index (κ3) is 6.23. The Hall–Kier alpha value is -1.54. The van der Waals surface area contributed by atoms with Crippen molar-refractivity contribution in [1.82, 2.24) is 20.4 Å². The number of nitrogens with zero attached hydrogens (tertiary/aromatic N) is 2. The van der Waals surface area contributed by atoms with Crippen LogP contribution in [-0.2, 0) is 9.47 Å². The highest BCUT2D eigenvalue weighted by Gasteiger charge is 2.40. The summed E-state index contributed by atoms with van der Waals surface area (Å²) in [5.41, 5.74) is -0.764. The molecule has 0 saturated carbocycles. The number of fused-ring (bicyclic) bond motifs is 2. The van der Waals surface area contributed by atoms with Crippen molar-refractivity contribution >= 4 is 12.2 Å². The van der Waals surface area contributed by atoms with Gasteiger partial charge in [-0.3, -0.25) is 0 Å². The highest BCUT2D eigenvalue weighted by Crippen LogP contribution is 2.28. The fourth-order valence-corrected chi connectivity index (χ4v) is 4.66. The quantitative estimate of drug-likeness (QED) is 0.620. The molecular weight excluding hydrogens is 384 g/mol. The van der Waals surface area contributed by atoms with Gasteiger partial charge in [-0.15, -0.1) is 0 Å². The van der Waals surface area contributed by atoms with Gasteiger partial charge < -0.3 is 29.9 Å². The van der Waals surface area contributed by atoms with Crippen molar-refractivity contribution < 1.29 is 19.1 Å². The van der Waals surface area contributed by atoms with Gasteiger partial charge in [0, 0.05) is 52.4 Å². The first-order chi connectivity index (χ1) is 13.9. The van der Waals surface area contributed by atoms with Crippen molar-refractivity contribution in [3.8, 4) is 0 Å². The number of nitrogens with one attached hydrogen (secondary N) is 2. The molecule has 4 aliphatic heterocycles. The lowest BCUT2D eigenvalue weighted by Crippen LogP contribution is -2.37. The van der Waals surface area contributed by atoms with Gasteiger partial charge in [0.15, 0.2) is 0 Å². The standard InChI is InChI=1S/2C11H20N2O2/c2*1-11(2,3)15-10(14)13-6-8-4-12-5-9(8)7-13/h2*8-9,12H,4-7H2,1-3H3/t2*8-,9-/m10/s1. The molecular formula is C22H40N4O4. The fourth-order valence-electron chi connectivity index (χ4n) is 4.66. The van der Waals surface area contributed by atoms with Crippen molar-refractivity contribution in [3.05, 3.63) is 0 Å². The molecule has 0 bridgehead atoms. The summed E-state index contributed by atoms with van der Waals surface area (Å²) in [5, 5.41) is 6.71. The molecule has 0 aromatic carbocycles. The van der Waals surface area contributed by atoms with E-state index in [0.717, 1.165) is 52.4 Å². The lowest BCUT2D eigenvalue weighted by molar-refractivity contribution is 0.0271. The van der Waals surface area contributed by atoms with Gasteiger partial charge in [-0.1, -0.05) is 0 Å². The average molecular weight is 425 g/mol. The van der Waals surface area contributed by atoms with Crippen LogP contribution in [-0.4, -0.2) is 85.5 Å². The van der Waals surface area contributed by atoms with Crippen molar-refractivity contribution in [2.75, 3.05) is 52.4 Å². The van der Waals surface area contributed by atoms with Gasteiger partial charge in [-0.05, 0) is 65.2 Å². The lowest BCUT2D eigenvalue weighted by atomic mass is 10.0. The summed E-state index contributed by atoms with van der Waals surface area (Å²) in [6, 6.07) is 0. The van der Waals surface area contributed by atoms with E-state index < -0.39 is 0 Å². The van der Waals surface area contributed by atoms with Crippen LogP contribution in [0.4, 0.5) is 9.59 Å². The monoisotopic (exact) mass is 424 g/mol. The van der Waals surface area contributed by atoms with E-state index in [0.29, 0.717) is 23.7 Å². The van der Waals surface area contributed by atoms with Gasteiger partial charge in [0.25, 0.3) is 0 Å². The molecule has 4 aliphatic rings. The predicted octanol–water partition coefficient (Wildman–Crippen LogP) is 2.15. The van der Waals surface area contributed by atoms with E-state index in [1.54, 1.807) is 0 Å². The van der Waals surface area contributed by atoms with Crippen LogP contribution in [0.15, 0.2) is 0 Å². The maximum Gasteiger partial charge on any atom is 0.410 e. The zero-order chi connectivity index (χ0) is 22.1. The topological polar surface area (TPSA) is 83.1 Å². The third-order valence-electron chi connectivity index (χ3n) is 6.08. The van der Waals surface area contributed by atoms with E-state index in [4.69, 9.17) is 9.47 Å². The molecule has 0 radical (unpaired) electrons. The Morgan fingerprint density at radius 1 is 0.633 bits per heavy atom. The summed E-state index contributed by atoms with van der Waals surface area (Å²) in [6.07, 6.45) is -0.311. The van der Waals surface area contributed by atoms with E-state index in [9.17, 15) is 9.59 Å². The number of carbonyl (C=O) groups excluding carboxylic acids is 2. The summed E-state index contributed by atoms with van der Waals surface area (Å²) >= 11 is 0. The smallest absolute Gasteiger partial charge is 0.410 e. The summed E-state index contributed by atoms with van der Waals surface area (Å²) < 4.78 is 10.7. The Kier molecular flexibility index (Phi) is 6.87. The maximum atomic E-state index is 11.8. The molecule has 0 aromatic heterocycles. The summed E-state index contributed by atoms with van der Waals surface area (Å²) in [4.78, 5) is 27.2. The summed E-state index contributed by atoms with van der Waals surface area (Å²) in [5.74, 6) is 2.55. The Bertz CT molecular complexity index is 550. The highest BCUT2D eigenvalue weighted by atomic mass is 16.6. The number of rotatable bonds is 0. The van der Waals surface area contributed by atoms with Crippen LogP contribution >= 0.6 is 0 Å². The van der Waals surface area contributed by atoms with Gasteiger partial charge in [-0.25, -0.2) is 9.59 Å². The maximum absolute atomic E-state index is 11.8. The van der Waals surface area contributed by atoms with Gasteiger partial charge in [0.1, 0.15) is 11.2 Å². The molecule has 8 nitrogen and oxygen atoms in total. The largest absolute Gasteiger partial charge is 0.444 e. The SMILES string of the molecule is CC(C)(C)OC(=O)N1C[C@@H]2CNC[C@H]2C1.CC(C)(C)OC(=O)N1C[C@H]2CNC[C@@H]2C1. The molecule has 2 N–H and O–H groups in total. The van der Waals surface area contributed by atoms with Crippen LogP contribution in [0.3, 0.4) is 0 Å². The fraction of sp³-hybridized carbons (Fsp3) is 0.909. The van der Waals surface area contributed by atoms with E-state index in [1.165, 1.54) is 0 Å². The number of hydrogen-bond acceptors (Lipinski definition) is 6. The number of likely N-dealkylation sites (tertiary alicyclic amines) is 2. The minimum atomic E-state index is -0.382. The summed E-state index contributed by atoms with van der Waals surface area (Å²) in [6.45, 7) is 19.0. The minimum absolute atomic E-state index is 0.156. The van der Waals surface area contributed by atoms with Crippen LogP contribution in [0.1, 0.15) is 41.5 Å². The minimum Gasteiger partial charge on any atom is -0.444 e. The molecule has 8 heteroatoms. The number of ether oxygens (including phenoxy) is 2. The van der Waals surface area contributed by atoms with Crippen LogP contribution in [0, 0.1) is 23.7 Å². The molecule has 0 aromatic rings. The molecule has 4 heterocycles. The van der Waals surface area contributed by atoms with Gasteiger partial charge in [-0.2, -0.15) is 0 Å². The first-order valence-corrected chi connectivity index (χ1v) is 11.3. The molecule has 4 atom stereocenters. The van der Waals surface area contributed by atoms with Crippen molar-refractivity contribution in [1.29, 1.82) is 0 Å². The highest BCUT2D eigenvalue weighted by molar-refractivity contribution is 5.69. The number of amides is 2. The van der Waals surface area contributed by atoms with Crippen molar-refractivity contribution in [3.63, 3.8) is 0 Å². The van der Waals surface area contributed by atoms with Crippen LogP contribution in [0.2, 0.25) is 0 Å². The second-order valence-electron chi connectivity index (χ2n) is 11.1. The Balaban J connectivity index is 0.000000171. The molecule has 0 aliphatic carbocycles. The van der Waals surface area contributed by atoms with Crippen LogP contribution in [0.5, 0.6) is 0 Å². The van der Waals surface area contributed by atoms with E-state index in [2.05, 4.69) is 10.6 Å². The third-order valence-corrected chi connectivity index (χ3v) is 6.08. The van der Waals surface area contributed by atoms with Gasteiger partial charge in [0.05, 0.1) is 0 Å². The normalized spacial score (nSPS) is 30.5. The molecule has 30 heavy (non-hydrogen) atoms. The van der Waals surface area contributed by atoms with E-state index in [1.807, 2.05) is 51.3 Å². The number of hydrogen-bond donors (Lipinski definition) is 2. The molecule has 0 spiro atoms.